The van der Waals surface area contributed by atoms with Crippen molar-refractivity contribution < 1.29 is 0 Å². The highest BCUT2D eigenvalue weighted by Crippen LogP contribution is 2.19. The van der Waals surface area contributed by atoms with Gasteiger partial charge >= 0.3 is 0 Å². The van der Waals surface area contributed by atoms with Gasteiger partial charge in [-0.15, -0.1) is 0 Å². The predicted molar refractivity (Wildman–Crippen MR) is 73.2 cm³/mol. The van der Waals surface area contributed by atoms with E-state index in [2.05, 4.69) is 37.4 Å². The Morgan fingerprint density at radius 3 is 2.94 bits per heavy atom. The highest BCUT2D eigenvalue weighted by Gasteiger charge is 2.20. The molecule has 1 aromatic rings. The van der Waals surface area contributed by atoms with E-state index in [1.807, 2.05) is 0 Å². The third-order valence-electron chi connectivity index (χ3n) is 3.90. The second-order valence-electron chi connectivity index (χ2n) is 5.40. The van der Waals surface area contributed by atoms with Gasteiger partial charge in [0.25, 0.3) is 0 Å². The lowest BCUT2D eigenvalue weighted by atomic mass is 9.87. The second kappa shape index (κ2) is 5.65. The molecule has 1 saturated heterocycles. The Balaban J connectivity index is 2.01. The summed E-state index contributed by atoms with van der Waals surface area (Å²) in [6, 6.07) is 6.96. The molecule has 2 heteroatoms. The average molecular weight is 232 g/mol. The fraction of sp³-hybridized carbons (Fsp3) is 0.600. The van der Waals surface area contributed by atoms with Crippen LogP contribution in [0.5, 0.6) is 0 Å². The van der Waals surface area contributed by atoms with E-state index in [0.717, 1.165) is 19.5 Å². The molecule has 1 aliphatic heterocycles. The standard InChI is InChI=1S/C15H24N2/c1-11-5-6-12(2)14(8-11)9-15(16)13-4-3-7-17-10-13/h5-6,8,13,15,17H,3-4,7,9-10,16H2,1-2H3. The average Bonchev–Trinajstić information content (AvgIpc) is 2.35. The van der Waals surface area contributed by atoms with Gasteiger partial charge in [0.15, 0.2) is 0 Å². The summed E-state index contributed by atoms with van der Waals surface area (Å²) in [6.45, 7) is 6.58. The third kappa shape index (κ3) is 3.30. The lowest BCUT2D eigenvalue weighted by molar-refractivity contribution is 0.320. The second-order valence-corrected chi connectivity index (χ2v) is 5.40. The minimum absolute atomic E-state index is 0.295. The highest BCUT2D eigenvalue weighted by atomic mass is 14.9. The number of aryl methyl sites for hydroxylation is 2. The fourth-order valence-corrected chi connectivity index (χ4v) is 2.68. The van der Waals surface area contributed by atoms with Crippen LogP contribution in [0.2, 0.25) is 0 Å². The van der Waals surface area contributed by atoms with E-state index in [1.54, 1.807) is 0 Å². The quantitative estimate of drug-likeness (QED) is 0.838. The van der Waals surface area contributed by atoms with Crippen LogP contribution in [0.15, 0.2) is 18.2 Å². The molecule has 0 spiro atoms. The normalized spacial score (nSPS) is 22.4. The molecule has 0 amide bonds. The minimum Gasteiger partial charge on any atom is -0.327 e. The van der Waals surface area contributed by atoms with Crippen molar-refractivity contribution in [3.63, 3.8) is 0 Å². The van der Waals surface area contributed by atoms with Crippen LogP contribution >= 0.6 is 0 Å². The number of nitrogens with one attached hydrogen (secondary N) is 1. The summed E-state index contributed by atoms with van der Waals surface area (Å²) in [5.41, 5.74) is 10.5. The zero-order valence-corrected chi connectivity index (χ0v) is 11.0. The zero-order valence-electron chi connectivity index (χ0n) is 11.0. The van der Waals surface area contributed by atoms with Crippen molar-refractivity contribution >= 4 is 0 Å². The zero-order chi connectivity index (χ0) is 12.3. The Labute approximate surface area is 105 Å². The Kier molecular flexibility index (Phi) is 4.19. The SMILES string of the molecule is Cc1ccc(C)c(CC(N)C2CCCNC2)c1. The lowest BCUT2D eigenvalue weighted by Crippen LogP contribution is -2.42. The van der Waals surface area contributed by atoms with Crippen LogP contribution in [0.25, 0.3) is 0 Å². The number of rotatable bonds is 3. The van der Waals surface area contributed by atoms with Gasteiger partial charge in [0.1, 0.15) is 0 Å². The molecular formula is C15H24N2. The van der Waals surface area contributed by atoms with Gasteiger partial charge in [-0.2, -0.15) is 0 Å². The van der Waals surface area contributed by atoms with E-state index in [9.17, 15) is 0 Å². The van der Waals surface area contributed by atoms with Crippen LogP contribution in [0.4, 0.5) is 0 Å². The van der Waals surface area contributed by atoms with E-state index in [-0.39, 0.29) is 0 Å². The molecule has 0 bridgehead atoms. The van der Waals surface area contributed by atoms with Crippen LogP contribution in [0.3, 0.4) is 0 Å². The smallest absolute Gasteiger partial charge is 0.0120 e. The van der Waals surface area contributed by atoms with E-state index >= 15 is 0 Å². The number of hydrogen-bond donors (Lipinski definition) is 2. The number of nitrogens with two attached hydrogens (primary N) is 1. The Hall–Kier alpha value is -0.860. The van der Waals surface area contributed by atoms with Gasteiger partial charge in [-0.25, -0.2) is 0 Å². The Bertz CT molecular complexity index is 367. The van der Waals surface area contributed by atoms with Crippen molar-refractivity contribution in [1.29, 1.82) is 0 Å². The molecule has 1 heterocycles. The number of hydrogen-bond acceptors (Lipinski definition) is 2. The van der Waals surface area contributed by atoms with Gasteiger partial charge in [0.05, 0.1) is 0 Å². The third-order valence-corrected chi connectivity index (χ3v) is 3.90. The topological polar surface area (TPSA) is 38.0 Å². The van der Waals surface area contributed by atoms with Crippen molar-refractivity contribution in [2.45, 2.75) is 39.2 Å². The molecule has 17 heavy (non-hydrogen) atoms. The summed E-state index contributed by atoms with van der Waals surface area (Å²) >= 11 is 0. The molecule has 1 aromatic carbocycles. The Morgan fingerprint density at radius 2 is 2.24 bits per heavy atom. The summed E-state index contributed by atoms with van der Waals surface area (Å²) in [5, 5.41) is 3.45. The van der Waals surface area contributed by atoms with Crippen LogP contribution < -0.4 is 11.1 Å². The van der Waals surface area contributed by atoms with Crippen LogP contribution in [0.1, 0.15) is 29.5 Å². The van der Waals surface area contributed by atoms with Crippen molar-refractivity contribution in [2.75, 3.05) is 13.1 Å². The van der Waals surface area contributed by atoms with Gasteiger partial charge in [0.2, 0.25) is 0 Å². The van der Waals surface area contributed by atoms with Crippen molar-refractivity contribution in [1.82, 2.24) is 5.32 Å². The van der Waals surface area contributed by atoms with Crippen LogP contribution in [-0.2, 0) is 6.42 Å². The van der Waals surface area contributed by atoms with E-state index in [0.29, 0.717) is 12.0 Å². The summed E-state index contributed by atoms with van der Waals surface area (Å²) in [6.07, 6.45) is 3.56. The molecule has 2 nitrogen and oxygen atoms in total. The number of piperidine rings is 1. The van der Waals surface area contributed by atoms with Crippen molar-refractivity contribution in [3.8, 4) is 0 Å². The van der Waals surface area contributed by atoms with Crippen LogP contribution in [-0.4, -0.2) is 19.1 Å². The molecular weight excluding hydrogens is 208 g/mol. The Morgan fingerprint density at radius 1 is 1.41 bits per heavy atom. The molecule has 0 aromatic heterocycles. The van der Waals surface area contributed by atoms with Gasteiger partial charge in [-0.05, 0) is 63.2 Å². The molecule has 2 rings (SSSR count). The maximum Gasteiger partial charge on any atom is 0.0120 e. The highest BCUT2D eigenvalue weighted by molar-refractivity contribution is 5.31. The summed E-state index contributed by atoms with van der Waals surface area (Å²) in [4.78, 5) is 0. The summed E-state index contributed by atoms with van der Waals surface area (Å²) in [7, 11) is 0. The maximum atomic E-state index is 6.36. The first-order chi connectivity index (χ1) is 8.16. The van der Waals surface area contributed by atoms with E-state index < -0.39 is 0 Å². The van der Waals surface area contributed by atoms with Gasteiger partial charge in [-0.3, -0.25) is 0 Å². The summed E-state index contributed by atoms with van der Waals surface area (Å²) in [5.74, 6) is 0.642. The van der Waals surface area contributed by atoms with Crippen molar-refractivity contribution in [2.24, 2.45) is 11.7 Å². The fourth-order valence-electron chi connectivity index (χ4n) is 2.68. The monoisotopic (exact) mass is 232 g/mol. The molecule has 3 N–H and O–H groups in total. The lowest BCUT2D eigenvalue weighted by Gasteiger charge is -2.28. The first-order valence-corrected chi connectivity index (χ1v) is 6.69. The van der Waals surface area contributed by atoms with E-state index in [1.165, 1.54) is 29.5 Å². The predicted octanol–water partition coefficient (Wildman–Crippen LogP) is 2.17. The van der Waals surface area contributed by atoms with Crippen LogP contribution in [0, 0.1) is 19.8 Å². The molecule has 1 fully saturated rings. The molecule has 2 unspecified atom stereocenters. The van der Waals surface area contributed by atoms with E-state index in [4.69, 9.17) is 5.73 Å². The first-order valence-electron chi connectivity index (χ1n) is 6.69. The molecule has 0 saturated carbocycles. The molecule has 2 atom stereocenters. The molecule has 94 valence electrons. The largest absolute Gasteiger partial charge is 0.327 e. The molecule has 0 aliphatic carbocycles. The van der Waals surface area contributed by atoms with Gasteiger partial charge in [-0.1, -0.05) is 23.8 Å². The number of benzene rings is 1. The molecule has 1 aliphatic rings. The molecule has 0 radical (unpaired) electrons. The van der Waals surface area contributed by atoms with Crippen molar-refractivity contribution in [3.05, 3.63) is 34.9 Å². The van der Waals surface area contributed by atoms with Gasteiger partial charge in [0, 0.05) is 6.04 Å². The first kappa shape index (κ1) is 12.6. The van der Waals surface area contributed by atoms with Gasteiger partial charge < -0.3 is 11.1 Å². The maximum absolute atomic E-state index is 6.36. The summed E-state index contributed by atoms with van der Waals surface area (Å²) < 4.78 is 0. The minimum atomic E-state index is 0.295.